The van der Waals surface area contributed by atoms with Crippen LogP contribution in [0.2, 0.25) is 5.02 Å². The van der Waals surface area contributed by atoms with Crippen molar-refractivity contribution < 1.29 is 10.0 Å². The summed E-state index contributed by atoms with van der Waals surface area (Å²) in [7, 11) is 0. The average molecular weight is 250 g/mol. The van der Waals surface area contributed by atoms with E-state index in [9.17, 15) is 15.2 Å². The summed E-state index contributed by atoms with van der Waals surface area (Å²) >= 11 is 5.73. The fourth-order valence-electron chi connectivity index (χ4n) is 1.54. The van der Waals surface area contributed by atoms with Crippen LogP contribution in [0.5, 0.6) is 5.75 Å². The molecule has 2 rings (SSSR count). The maximum absolute atomic E-state index is 10.9. The second-order valence-corrected chi connectivity index (χ2v) is 3.90. The van der Waals surface area contributed by atoms with Gasteiger partial charge >= 0.3 is 0 Å². The molecule has 1 N–H and O–H groups in total. The molecule has 0 saturated carbocycles. The second kappa shape index (κ2) is 4.43. The molecule has 0 atom stereocenters. The van der Waals surface area contributed by atoms with Crippen LogP contribution in [0.15, 0.2) is 42.5 Å². The van der Waals surface area contributed by atoms with E-state index < -0.39 is 4.92 Å². The molecule has 0 aliphatic carbocycles. The highest BCUT2D eigenvalue weighted by Gasteiger charge is 2.15. The van der Waals surface area contributed by atoms with E-state index in [1.165, 1.54) is 18.2 Å². The lowest BCUT2D eigenvalue weighted by molar-refractivity contribution is -0.384. The third kappa shape index (κ3) is 2.37. The van der Waals surface area contributed by atoms with Gasteiger partial charge in [0.15, 0.2) is 0 Å². The van der Waals surface area contributed by atoms with E-state index in [4.69, 9.17) is 11.6 Å². The molecule has 0 aliphatic heterocycles. The Morgan fingerprint density at radius 2 is 1.76 bits per heavy atom. The van der Waals surface area contributed by atoms with Crippen LogP contribution in [0.4, 0.5) is 5.69 Å². The summed E-state index contributed by atoms with van der Waals surface area (Å²) in [5, 5.41) is 20.4. The standard InChI is InChI=1S/C12H8ClNO3/c13-9-3-6-11(12(7-9)14(16)17)8-1-4-10(15)5-2-8/h1-7,15H. The normalized spacial score (nSPS) is 10.2. The van der Waals surface area contributed by atoms with Crippen molar-refractivity contribution in [2.45, 2.75) is 0 Å². The highest BCUT2D eigenvalue weighted by molar-refractivity contribution is 6.30. The van der Waals surface area contributed by atoms with Crippen LogP contribution in [0, 0.1) is 10.1 Å². The molecule has 86 valence electrons. The molecule has 0 unspecified atom stereocenters. The molecule has 2 aromatic carbocycles. The monoisotopic (exact) mass is 249 g/mol. The van der Waals surface area contributed by atoms with Crippen LogP contribution < -0.4 is 0 Å². The molecule has 0 fully saturated rings. The van der Waals surface area contributed by atoms with E-state index in [1.54, 1.807) is 24.3 Å². The Morgan fingerprint density at radius 3 is 2.35 bits per heavy atom. The Balaban J connectivity index is 2.58. The number of rotatable bonds is 2. The number of phenols is 1. The number of hydrogen-bond donors (Lipinski definition) is 1. The zero-order valence-corrected chi connectivity index (χ0v) is 9.39. The first-order chi connectivity index (χ1) is 8.08. The predicted octanol–water partition coefficient (Wildman–Crippen LogP) is 3.62. The van der Waals surface area contributed by atoms with Crippen molar-refractivity contribution in [1.29, 1.82) is 0 Å². The lowest BCUT2D eigenvalue weighted by Crippen LogP contribution is -1.91. The van der Waals surface area contributed by atoms with Gasteiger partial charge in [-0.3, -0.25) is 10.1 Å². The zero-order chi connectivity index (χ0) is 12.4. The number of nitrogens with zero attached hydrogens (tertiary/aromatic N) is 1. The molecule has 0 amide bonds. The van der Waals surface area contributed by atoms with E-state index in [2.05, 4.69) is 0 Å². The first kappa shape index (κ1) is 11.4. The summed E-state index contributed by atoms with van der Waals surface area (Å²) < 4.78 is 0. The SMILES string of the molecule is O=[N+]([O-])c1cc(Cl)ccc1-c1ccc(O)cc1. The highest BCUT2D eigenvalue weighted by Crippen LogP contribution is 2.32. The van der Waals surface area contributed by atoms with Crippen molar-refractivity contribution in [3.8, 4) is 16.9 Å². The number of aromatic hydroxyl groups is 1. The molecule has 4 nitrogen and oxygen atoms in total. The summed E-state index contributed by atoms with van der Waals surface area (Å²) in [5.74, 6) is 0.116. The number of nitro groups is 1. The predicted molar refractivity (Wildman–Crippen MR) is 65.2 cm³/mol. The van der Waals surface area contributed by atoms with Crippen LogP contribution >= 0.6 is 11.6 Å². The van der Waals surface area contributed by atoms with E-state index in [-0.39, 0.29) is 11.4 Å². The molecular formula is C12H8ClNO3. The summed E-state index contributed by atoms with van der Waals surface area (Å²) in [6.45, 7) is 0. The number of phenolic OH excluding ortho intramolecular Hbond substituents is 1. The van der Waals surface area contributed by atoms with E-state index in [0.29, 0.717) is 16.1 Å². The smallest absolute Gasteiger partial charge is 0.278 e. The van der Waals surface area contributed by atoms with Crippen molar-refractivity contribution in [1.82, 2.24) is 0 Å². The van der Waals surface area contributed by atoms with Gasteiger partial charge < -0.3 is 5.11 Å². The molecule has 2 aromatic rings. The van der Waals surface area contributed by atoms with Gasteiger partial charge in [0.1, 0.15) is 5.75 Å². The molecule has 0 spiro atoms. The van der Waals surface area contributed by atoms with Gasteiger partial charge in [-0.15, -0.1) is 0 Å². The molecule has 0 saturated heterocycles. The van der Waals surface area contributed by atoms with Gasteiger partial charge in [0.2, 0.25) is 0 Å². The largest absolute Gasteiger partial charge is 0.508 e. The van der Waals surface area contributed by atoms with Crippen molar-refractivity contribution in [2.24, 2.45) is 0 Å². The molecule has 0 aromatic heterocycles. The number of nitro benzene ring substituents is 1. The Hall–Kier alpha value is -2.07. The van der Waals surface area contributed by atoms with Crippen LogP contribution in [0.3, 0.4) is 0 Å². The van der Waals surface area contributed by atoms with E-state index in [1.807, 2.05) is 0 Å². The third-order valence-electron chi connectivity index (χ3n) is 2.33. The van der Waals surface area contributed by atoms with Gasteiger partial charge in [-0.05, 0) is 29.8 Å². The maximum Gasteiger partial charge on any atom is 0.278 e. The Bertz CT molecular complexity index is 566. The van der Waals surface area contributed by atoms with Gasteiger partial charge in [0.25, 0.3) is 5.69 Å². The van der Waals surface area contributed by atoms with Crippen LogP contribution in [-0.2, 0) is 0 Å². The van der Waals surface area contributed by atoms with Gasteiger partial charge in [0, 0.05) is 11.1 Å². The lowest BCUT2D eigenvalue weighted by atomic mass is 10.0. The topological polar surface area (TPSA) is 63.4 Å². The Labute approximate surface area is 102 Å². The maximum atomic E-state index is 10.9. The van der Waals surface area contributed by atoms with Gasteiger partial charge in [-0.1, -0.05) is 23.7 Å². The molecule has 5 heteroatoms. The first-order valence-corrected chi connectivity index (χ1v) is 5.19. The van der Waals surface area contributed by atoms with Gasteiger partial charge in [-0.25, -0.2) is 0 Å². The quantitative estimate of drug-likeness (QED) is 0.653. The molecule has 0 heterocycles. The molecular weight excluding hydrogens is 242 g/mol. The average Bonchev–Trinajstić information content (AvgIpc) is 2.30. The fraction of sp³-hybridized carbons (Fsp3) is 0. The molecule has 17 heavy (non-hydrogen) atoms. The van der Waals surface area contributed by atoms with Crippen molar-refractivity contribution in [2.75, 3.05) is 0 Å². The third-order valence-corrected chi connectivity index (χ3v) is 2.57. The first-order valence-electron chi connectivity index (χ1n) is 4.81. The van der Waals surface area contributed by atoms with Crippen molar-refractivity contribution >= 4 is 17.3 Å². The van der Waals surface area contributed by atoms with Crippen LogP contribution in [-0.4, -0.2) is 10.0 Å². The Kier molecular flexibility index (Phi) is 2.97. The summed E-state index contributed by atoms with van der Waals surface area (Å²) in [4.78, 5) is 10.4. The summed E-state index contributed by atoms with van der Waals surface area (Å²) in [5.41, 5.74) is 1.08. The summed E-state index contributed by atoms with van der Waals surface area (Å²) in [6, 6.07) is 10.7. The number of halogens is 1. The molecule has 0 aliphatic rings. The molecule has 0 bridgehead atoms. The molecule has 0 radical (unpaired) electrons. The fourth-order valence-corrected chi connectivity index (χ4v) is 1.71. The van der Waals surface area contributed by atoms with Crippen molar-refractivity contribution in [3.63, 3.8) is 0 Å². The van der Waals surface area contributed by atoms with Gasteiger partial charge in [-0.2, -0.15) is 0 Å². The van der Waals surface area contributed by atoms with Crippen molar-refractivity contribution in [3.05, 3.63) is 57.6 Å². The second-order valence-electron chi connectivity index (χ2n) is 3.47. The lowest BCUT2D eigenvalue weighted by Gasteiger charge is -2.03. The minimum Gasteiger partial charge on any atom is -0.508 e. The minimum atomic E-state index is -0.478. The zero-order valence-electron chi connectivity index (χ0n) is 8.63. The minimum absolute atomic E-state index is 0.0526. The van der Waals surface area contributed by atoms with Crippen LogP contribution in [0.1, 0.15) is 0 Å². The van der Waals surface area contributed by atoms with Crippen LogP contribution in [0.25, 0.3) is 11.1 Å². The van der Waals surface area contributed by atoms with E-state index in [0.717, 1.165) is 0 Å². The highest BCUT2D eigenvalue weighted by atomic mass is 35.5. The number of benzene rings is 2. The van der Waals surface area contributed by atoms with E-state index >= 15 is 0 Å². The summed E-state index contributed by atoms with van der Waals surface area (Å²) in [6.07, 6.45) is 0. The number of hydrogen-bond acceptors (Lipinski definition) is 3. The Morgan fingerprint density at radius 1 is 1.12 bits per heavy atom. The van der Waals surface area contributed by atoms with Gasteiger partial charge in [0.05, 0.1) is 10.5 Å².